The standard InChI is InChI=1S/C24H26N4O4/c1-14(25)11-15-5-7-16(8-6-15)12-26-13-17-3-2-4-18-21(17)24(32)28(23(18)31)19-9-10-20(29)27-22(19)30/h2-8,14,19,26H,9-13,25H2,1H3,(H,27,29,30). The Hall–Kier alpha value is -3.36. The van der Waals surface area contributed by atoms with Crippen LogP contribution in [0.2, 0.25) is 0 Å². The predicted octanol–water partition coefficient (Wildman–Crippen LogP) is 1.27. The number of benzene rings is 2. The number of nitrogens with zero attached hydrogens (tertiary/aromatic N) is 1. The van der Waals surface area contributed by atoms with Crippen LogP contribution in [-0.4, -0.2) is 40.6 Å². The summed E-state index contributed by atoms with van der Waals surface area (Å²) in [5, 5.41) is 5.53. The molecule has 1 saturated heterocycles. The zero-order valence-electron chi connectivity index (χ0n) is 17.9. The van der Waals surface area contributed by atoms with Crippen molar-refractivity contribution in [2.24, 2.45) is 5.73 Å². The van der Waals surface area contributed by atoms with Crippen LogP contribution in [0.1, 0.15) is 57.2 Å². The van der Waals surface area contributed by atoms with Crippen LogP contribution >= 0.6 is 0 Å². The third-order valence-corrected chi connectivity index (χ3v) is 5.78. The maximum Gasteiger partial charge on any atom is 0.262 e. The van der Waals surface area contributed by atoms with Crippen molar-refractivity contribution in [2.75, 3.05) is 0 Å². The molecule has 0 bridgehead atoms. The Morgan fingerprint density at radius 1 is 1.03 bits per heavy atom. The van der Waals surface area contributed by atoms with E-state index in [2.05, 4.69) is 22.8 Å². The Labute approximate surface area is 186 Å². The molecule has 2 aliphatic heterocycles. The van der Waals surface area contributed by atoms with Gasteiger partial charge in [0.15, 0.2) is 0 Å². The van der Waals surface area contributed by atoms with Gasteiger partial charge in [-0.25, -0.2) is 0 Å². The summed E-state index contributed by atoms with van der Waals surface area (Å²) in [7, 11) is 0. The fraction of sp³-hybridized carbons (Fsp3) is 0.333. The highest BCUT2D eigenvalue weighted by molar-refractivity contribution is 6.24. The van der Waals surface area contributed by atoms with E-state index >= 15 is 0 Å². The summed E-state index contributed by atoms with van der Waals surface area (Å²) in [5.41, 5.74) is 9.43. The van der Waals surface area contributed by atoms with Crippen molar-refractivity contribution in [2.45, 2.75) is 51.4 Å². The van der Waals surface area contributed by atoms with E-state index in [0.29, 0.717) is 29.8 Å². The van der Waals surface area contributed by atoms with Gasteiger partial charge >= 0.3 is 0 Å². The van der Waals surface area contributed by atoms with Crippen molar-refractivity contribution in [3.05, 3.63) is 70.3 Å². The first-order valence-corrected chi connectivity index (χ1v) is 10.7. The summed E-state index contributed by atoms with van der Waals surface area (Å²) < 4.78 is 0. The van der Waals surface area contributed by atoms with E-state index in [-0.39, 0.29) is 18.9 Å². The van der Waals surface area contributed by atoms with Crippen LogP contribution in [0.25, 0.3) is 0 Å². The summed E-state index contributed by atoms with van der Waals surface area (Å²) in [6.07, 6.45) is 1.06. The lowest BCUT2D eigenvalue weighted by Crippen LogP contribution is -2.54. The number of carbonyl (C=O) groups is 4. The second-order valence-electron chi connectivity index (χ2n) is 8.39. The number of amides is 4. The van der Waals surface area contributed by atoms with Gasteiger partial charge in [0.25, 0.3) is 11.8 Å². The van der Waals surface area contributed by atoms with E-state index < -0.39 is 29.7 Å². The SMILES string of the molecule is CC(N)Cc1ccc(CNCc2cccc3c2C(=O)N(C2CCC(=O)NC2=O)C3=O)cc1. The lowest BCUT2D eigenvalue weighted by molar-refractivity contribution is -0.136. The molecule has 32 heavy (non-hydrogen) atoms. The minimum absolute atomic E-state index is 0.0984. The first-order chi connectivity index (χ1) is 15.3. The van der Waals surface area contributed by atoms with Crippen molar-refractivity contribution in [3.63, 3.8) is 0 Å². The molecule has 0 aromatic heterocycles. The summed E-state index contributed by atoms with van der Waals surface area (Å²) in [5.74, 6) is -1.98. The molecule has 4 rings (SSSR count). The molecule has 4 amide bonds. The number of hydrogen-bond donors (Lipinski definition) is 3. The zero-order chi connectivity index (χ0) is 22.8. The number of nitrogens with one attached hydrogen (secondary N) is 2. The molecule has 8 nitrogen and oxygen atoms in total. The highest BCUT2D eigenvalue weighted by Gasteiger charge is 2.45. The molecule has 2 aromatic carbocycles. The van der Waals surface area contributed by atoms with Crippen LogP contribution < -0.4 is 16.4 Å². The van der Waals surface area contributed by atoms with Gasteiger partial charge in [-0.1, -0.05) is 36.4 Å². The van der Waals surface area contributed by atoms with Crippen molar-refractivity contribution >= 4 is 23.6 Å². The highest BCUT2D eigenvalue weighted by atomic mass is 16.2. The largest absolute Gasteiger partial charge is 0.328 e. The van der Waals surface area contributed by atoms with Gasteiger partial charge in [-0.15, -0.1) is 0 Å². The molecule has 2 heterocycles. The third-order valence-electron chi connectivity index (χ3n) is 5.78. The van der Waals surface area contributed by atoms with E-state index in [9.17, 15) is 19.2 Å². The van der Waals surface area contributed by atoms with Crippen LogP contribution in [0.15, 0.2) is 42.5 Å². The van der Waals surface area contributed by atoms with Crippen LogP contribution in [0.3, 0.4) is 0 Å². The second-order valence-corrected chi connectivity index (χ2v) is 8.39. The lowest BCUT2D eigenvalue weighted by atomic mass is 10.0. The Kier molecular flexibility index (Phi) is 6.16. The minimum atomic E-state index is -0.962. The molecule has 0 aliphatic carbocycles. The Balaban J connectivity index is 1.45. The van der Waals surface area contributed by atoms with Gasteiger partial charge in [-0.05, 0) is 42.5 Å². The molecule has 2 aromatic rings. The number of rotatable bonds is 7. The monoisotopic (exact) mass is 434 g/mol. The Bertz CT molecular complexity index is 1080. The second kappa shape index (κ2) is 9.02. The maximum atomic E-state index is 13.1. The van der Waals surface area contributed by atoms with E-state index in [1.165, 1.54) is 5.56 Å². The summed E-state index contributed by atoms with van der Waals surface area (Å²) in [6.45, 7) is 2.97. The minimum Gasteiger partial charge on any atom is -0.328 e. The molecule has 166 valence electrons. The topological polar surface area (TPSA) is 122 Å². The summed E-state index contributed by atoms with van der Waals surface area (Å²) in [6, 6.07) is 12.5. The highest BCUT2D eigenvalue weighted by Crippen LogP contribution is 2.30. The van der Waals surface area contributed by atoms with E-state index in [1.54, 1.807) is 18.2 Å². The van der Waals surface area contributed by atoms with Gasteiger partial charge in [0, 0.05) is 25.6 Å². The predicted molar refractivity (Wildman–Crippen MR) is 117 cm³/mol. The average Bonchev–Trinajstić information content (AvgIpc) is 3.00. The van der Waals surface area contributed by atoms with Crippen LogP contribution in [-0.2, 0) is 29.1 Å². The molecule has 2 aliphatic rings. The van der Waals surface area contributed by atoms with Gasteiger partial charge in [0.2, 0.25) is 11.8 Å². The van der Waals surface area contributed by atoms with Crippen molar-refractivity contribution in [3.8, 4) is 0 Å². The molecule has 8 heteroatoms. The quantitative estimate of drug-likeness (QED) is 0.564. The van der Waals surface area contributed by atoms with E-state index in [0.717, 1.165) is 16.9 Å². The lowest BCUT2D eigenvalue weighted by Gasteiger charge is -2.27. The molecule has 0 radical (unpaired) electrons. The zero-order valence-corrected chi connectivity index (χ0v) is 17.9. The number of nitrogens with two attached hydrogens (primary N) is 1. The molecule has 2 atom stereocenters. The van der Waals surface area contributed by atoms with Crippen LogP contribution in [0.4, 0.5) is 0 Å². The third kappa shape index (κ3) is 4.32. The van der Waals surface area contributed by atoms with Crippen molar-refractivity contribution < 1.29 is 19.2 Å². The molecule has 0 spiro atoms. The molecule has 0 saturated carbocycles. The Morgan fingerprint density at radius 2 is 1.75 bits per heavy atom. The van der Waals surface area contributed by atoms with Crippen molar-refractivity contribution in [1.29, 1.82) is 0 Å². The molecular weight excluding hydrogens is 408 g/mol. The number of piperidine rings is 1. The number of imide groups is 2. The fourth-order valence-electron chi connectivity index (χ4n) is 4.24. The number of hydrogen-bond acceptors (Lipinski definition) is 6. The molecular formula is C24H26N4O4. The number of fused-ring (bicyclic) bond motifs is 1. The molecule has 4 N–H and O–H groups in total. The van der Waals surface area contributed by atoms with E-state index in [1.807, 2.05) is 19.1 Å². The number of carbonyl (C=O) groups excluding carboxylic acids is 4. The average molecular weight is 434 g/mol. The van der Waals surface area contributed by atoms with Gasteiger partial charge in [0.05, 0.1) is 11.1 Å². The fourth-order valence-corrected chi connectivity index (χ4v) is 4.24. The van der Waals surface area contributed by atoms with Gasteiger partial charge in [-0.2, -0.15) is 0 Å². The van der Waals surface area contributed by atoms with Gasteiger partial charge in [0.1, 0.15) is 6.04 Å². The van der Waals surface area contributed by atoms with Crippen LogP contribution in [0.5, 0.6) is 0 Å². The van der Waals surface area contributed by atoms with Gasteiger partial charge < -0.3 is 11.1 Å². The normalized spacial score (nSPS) is 19.2. The Morgan fingerprint density at radius 3 is 2.44 bits per heavy atom. The van der Waals surface area contributed by atoms with Gasteiger partial charge in [-0.3, -0.25) is 29.4 Å². The molecule has 2 unspecified atom stereocenters. The maximum absolute atomic E-state index is 13.1. The molecule has 1 fully saturated rings. The smallest absolute Gasteiger partial charge is 0.262 e. The van der Waals surface area contributed by atoms with E-state index in [4.69, 9.17) is 5.73 Å². The van der Waals surface area contributed by atoms with Crippen LogP contribution in [0, 0.1) is 0 Å². The first-order valence-electron chi connectivity index (χ1n) is 10.7. The summed E-state index contributed by atoms with van der Waals surface area (Å²) in [4.78, 5) is 50.7. The van der Waals surface area contributed by atoms with Crippen molar-refractivity contribution in [1.82, 2.24) is 15.5 Å². The first kappa shape index (κ1) is 21.9. The summed E-state index contributed by atoms with van der Waals surface area (Å²) >= 11 is 0.